The highest BCUT2D eigenvalue weighted by atomic mass is 16.3. The number of aliphatic hydroxyl groups is 1. The lowest BCUT2D eigenvalue weighted by atomic mass is 10.0. The quantitative estimate of drug-likeness (QED) is 0.799. The minimum Gasteiger partial charge on any atom is -0.388 e. The lowest BCUT2D eigenvalue weighted by Gasteiger charge is -2.15. The average Bonchev–Trinajstić information content (AvgIpc) is 2.95. The van der Waals surface area contributed by atoms with Crippen molar-refractivity contribution >= 4 is 10.9 Å². The SMILES string of the molecule is CC(C)n1ncnc1CC(O)c1ccnc2ccccc12. The molecule has 3 aromatic rings. The number of pyridine rings is 1. The van der Waals surface area contributed by atoms with Crippen LogP contribution < -0.4 is 0 Å². The van der Waals surface area contributed by atoms with E-state index < -0.39 is 6.10 Å². The summed E-state index contributed by atoms with van der Waals surface area (Å²) in [6.45, 7) is 4.10. The molecule has 1 aromatic carbocycles. The highest BCUT2D eigenvalue weighted by molar-refractivity contribution is 5.82. The van der Waals surface area contributed by atoms with Crippen molar-refractivity contribution in [1.29, 1.82) is 0 Å². The number of fused-ring (bicyclic) bond motifs is 1. The highest BCUT2D eigenvalue weighted by Crippen LogP contribution is 2.25. The van der Waals surface area contributed by atoms with Crippen LogP contribution in [0.4, 0.5) is 0 Å². The summed E-state index contributed by atoms with van der Waals surface area (Å²) in [5.74, 6) is 0.790. The third-order valence-corrected chi connectivity index (χ3v) is 3.55. The van der Waals surface area contributed by atoms with E-state index in [-0.39, 0.29) is 6.04 Å². The van der Waals surface area contributed by atoms with Gasteiger partial charge in [-0.25, -0.2) is 9.67 Å². The van der Waals surface area contributed by atoms with Gasteiger partial charge in [-0.1, -0.05) is 18.2 Å². The summed E-state index contributed by atoms with van der Waals surface area (Å²) in [4.78, 5) is 8.58. The Morgan fingerprint density at radius 1 is 1.14 bits per heavy atom. The molecule has 5 nitrogen and oxygen atoms in total. The summed E-state index contributed by atoms with van der Waals surface area (Å²) in [7, 11) is 0. The lowest BCUT2D eigenvalue weighted by Crippen LogP contribution is -2.12. The van der Waals surface area contributed by atoms with Crippen molar-refractivity contribution in [2.75, 3.05) is 0 Å². The van der Waals surface area contributed by atoms with Crippen molar-refractivity contribution in [3.63, 3.8) is 0 Å². The van der Waals surface area contributed by atoms with Crippen molar-refractivity contribution in [2.45, 2.75) is 32.4 Å². The van der Waals surface area contributed by atoms with Gasteiger partial charge < -0.3 is 5.11 Å². The van der Waals surface area contributed by atoms with Gasteiger partial charge in [-0.15, -0.1) is 0 Å². The summed E-state index contributed by atoms with van der Waals surface area (Å²) in [5, 5.41) is 15.8. The summed E-state index contributed by atoms with van der Waals surface area (Å²) in [5.41, 5.74) is 1.76. The monoisotopic (exact) mass is 282 g/mol. The average molecular weight is 282 g/mol. The van der Waals surface area contributed by atoms with Crippen LogP contribution in [0.15, 0.2) is 42.9 Å². The minimum absolute atomic E-state index is 0.226. The van der Waals surface area contributed by atoms with E-state index >= 15 is 0 Å². The van der Waals surface area contributed by atoms with Crippen LogP contribution in [0.3, 0.4) is 0 Å². The normalized spacial score (nSPS) is 13.0. The van der Waals surface area contributed by atoms with E-state index in [2.05, 4.69) is 15.1 Å². The smallest absolute Gasteiger partial charge is 0.138 e. The van der Waals surface area contributed by atoms with Crippen molar-refractivity contribution < 1.29 is 5.11 Å². The maximum absolute atomic E-state index is 10.6. The van der Waals surface area contributed by atoms with Gasteiger partial charge in [0.15, 0.2) is 0 Å². The summed E-state index contributed by atoms with van der Waals surface area (Å²) >= 11 is 0. The number of nitrogens with zero attached hydrogens (tertiary/aromatic N) is 4. The van der Waals surface area contributed by atoms with Crippen LogP contribution >= 0.6 is 0 Å². The molecule has 0 spiro atoms. The molecule has 0 bridgehead atoms. The molecule has 0 aliphatic heterocycles. The summed E-state index contributed by atoms with van der Waals surface area (Å²) in [6, 6.07) is 9.92. The predicted molar refractivity (Wildman–Crippen MR) is 80.8 cm³/mol. The summed E-state index contributed by atoms with van der Waals surface area (Å²) < 4.78 is 1.84. The van der Waals surface area contributed by atoms with Gasteiger partial charge in [0.1, 0.15) is 12.2 Å². The van der Waals surface area contributed by atoms with Crippen LogP contribution in [-0.4, -0.2) is 24.9 Å². The van der Waals surface area contributed by atoms with Gasteiger partial charge in [-0.2, -0.15) is 5.10 Å². The van der Waals surface area contributed by atoms with E-state index in [1.54, 1.807) is 6.20 Å². The molecule has 2 heterocycles. The van der Waals surface area contributed by atoms with Gasteiger partial charge in [0.05, 0.1) is 11.6 Å². The van der Waals surface area contributed by atoms with E-state index in [9.17, 15) is 5.11 Å². The number of rotatable bonds is 4. The first-order valence-corrected chi connectivity index (χ1v) is 7.07. The number of benzene rings is 1. The Morgan fingerprint density at radius 2 is 1.95 bits per heavy atom. The van der Waals surface area contributed by atoms with E-state index in [0.29, 0.717) is 6.42 Å². The van der Waals surface area contributed by atoms with Crippen molar-refractivity contribution in [3.8, 4) is 0 Å². The second-order valence-corrected chi connectivity index (χ2v) is 5.35. The van der Waals surface area contributed by atoms with E-state index in [0.717, 1.165) is 22.3 Å². The number of aliphatic hydroxyl groups excluding tert-OH is 1. The third-order valence-electron chi connectivity index (χ3n) is 3.55. The molecule has 2 aromatic heterocycles. The van der Waals surface area contributed by atoms with Crippen LogP contribution in [0.5, 0.6) is 0 Å². The molecule has 1 atom stereocenters. The fourth-order valence-corrected chi connectivity index (χ4v) is 2.54. The molecule has 0 fully saturated rings. The molecule has 0 aliphatic carbocycles. The fourth-order valence-electron chi connectivity index (χ4n) is 2.54. The van der Waals surface area contributed by atoms with Crippen molar-refractivity contribution in [2.24, 2.45) is 0 Å². The Kier molecular flexibility index (Phi) is 3.66. The zero-order chi connectivity index (χ0) is 14.8. The molecule has 0 aliphatic rings. The van der Waals surface area contributed by atoms with Gasteiger partial charge in [0.25, 0.3) is 0 Å². The number of hydrogen-bond donors (Lipinski definition) is 1. The minimum atomic E-state index is -0.625. The van der Waals surface area contributed by atoms with Gasteiger partial charge in [-0.05, 0) is 31.5 Å². The first-order chi connectivity index (χ1) is 10.2. The fraction of sp³-hybridized carbons (Fsp3) is 0.312. The molecule has 1 N–H and O–H groups in total. The molecule has 108 valence electrons. The molecule has 3 rings (SSSR count). The molecule has 1 unspecified atom stereocenters. The van der Waals surface area contributed by atoms with Crippen molar-refractivity contribution in [1.82, 2.24) is 19.7 Å². The predicted octanol–water partition coefficient (Wildman–Crippen LogP) is 2.68. The second kappa shape index (κ2) is 5.61. The molecule has 5 heteroatoms. The van der Waals surface area contributed by atoms with Crippen LogP contribution in [-0.2, 0) is 6.42 Å². The largest absolute Gasteiger partial charge is 0.388 e. The van der Waals surface area contributed by atoms with Crippen LogP contribution in [0.2, 0.25) is 0 Å². The molecule has 0 radical (unpaired) electrons. The Hall–Kier alpha value is -2.27. The third kappa shape index (κ3) is 2.64. The second-order valence-electron chi connectivity index (χ2n) is 5.35. The molecular formula is C16H18N4O. The Labute approximate surface area is 123 Å². The number of aromatic nitrogens is 4. The van der Waals surface area contributed by atoms with E-state index in [4.69, 9.17) is 0 Å². The zero-order valence-corrected chi connectivity index (χ0v) is 12.1. The molecule has 0 amide bonds. The molecular weight excluding hydrogens is 264 g/mol. The van der Waals surface area contributed by atoms with Crippen LogP contribution in [0, 0.1) is 0 Å². The summed E-state index contributed by atoms with van der Waals surface area (Å²) in [6.07, 6.45) is 3.08. The maximum atomic E-state index is 10.6. The van der Waals surface area contributed by atoms with Crippen molar-refractivity contribution in [3.05, 3.63) is 54.2 Å². The number of para-hydroxylation sites is 1. The van der Waals surface area contributed by atoms with Gasteiger partial charge in [-0.3, -0.25) is 4.98 Å². The molecule has 0 saturated heterocycles. The maximum Gasteiger partial charge on any atom is 0.138 e. The van der Waals surface area contributed by atoms with E-state index in [1.165, 1.54) is 6.33 Å². The van der Waals surface area contributed by atoms with Gasteiger partial charge in [0, 0.05) is 24.0 Å². The first kappa shape index (κ1) is 13.7. The Balaban J connectivity index is 1.94. The molecule has 21 heavy (non-hydrogen) atoms. The Morgan fingerprint density at radius 3 is 2.76 bits per heavy atom. The van der Waals surface area contributed by atoms with Gasteiger partial charge in [0.2, 0.25) is 0 Å². The first-order valence-electron chi connectivity index (χ1n) is 7.07. The topological polar surface area (TPSA) is 63.8 Å². The Bertz CT molecular complexity index is 745. The van der Waals surface area contributed by atoms with Crippen LogP contribution in [0.25, 0.3) is 10.9 Å². The lowest BCUT2D eigenvalue weighted by molar-refractivity contribution is 0.175. The van der Waals surface area contributed by atoms with Gasteiger partial charge >= 0.3 is 0 Å². The highest BCUT2D eigenvalue weighted by Gasteiger charge is 2.16. The van der Waals surface area contributed by atoms with Crippen LogP contribution in [0.1, 0.15) is 37.4 Å². The molecule has 0 saturated carbocycles. The standard InChI is InChI=1S/C16H18N4O/c1-11(2)20-16(18-10-19-20)9-15(21)13-7-8-17-14-6-4-3-5-12(13)14/h3-8,10-11,15,21H,9H2,1-2H3. The van der Waals surface area contributed by atoms with E-state index in [1.807, 2.05) is 48.9 Å². The number of hydrogen-bond acceptors (Lipinski definition) is 4. The zero-order valence-electron chi connectivity index (χ0n) is 12.1.